The minimum atomic E-state index is -3.12. The highest BCUT2D eigenvalue weighted by atomic mass is 31.2. The lowest BCUT2D eigenvalue weighted by Crippen LogP contribution is -2.35. The fourth-order valence-corrected chi connectivity index (χ4v) is 4.53. The molecule has 0 spiro atoms. The maximum absolute atomic E-state index is 13.1. The first-order chi connectivity index (χ1) is 10.7. The molecule has 0 aromatic heterocycles. The Morgan fingerprint density at radius 2 is 1.70 bits per heavy atom. The number of allylic oxidation sites excluding steroid dienone is 2. The van der Waals surface area contributed by atoms with E-state index < -0.39 is 7.60 Å². The highest BCUT2D eigenvalue weighted by molar-refractivity contribution is 7.54. The molecule has 2 atom stereocenters. The molecule has 0 rings (SSSR count). The minimum absolute atomic E-state index is 0.230. The predicted molar refractivity (Wildman–Crippen MR) is 99.9 cm³/mol. The van der Waals surface area contributed by atoms with Crippen LogP contribution < -0.4 is 5.32 Å². The number of hydrogen-bond acceptors (Lipinski definition) is 4. The molecule has 0 amide bonds. The molecule has 138 valence electrons. The average molecular weight is 347 g/mol. The molecule has 5 heteroatoms. The molecule has 4 nitrogen and oxygen atoms in total. The van der Waals surface area contributed by atoms with E-state index in [-0.39, 0.29) is 5.78 Å². The van der Waals surface area contributed by atoms with E-state index in [4.69, 9.17) is 9.05 Å². The van der Waals surface area contributed by atoms with Crippen molar-refractivity contribution in [2.24, 2.45) is 11.8 Å². The molecule has 0 radical (unpaired) electrons. The standard InChI is InChI=1S/C18H38NO3P/c1-8-21-23(20,22-9-2)18(19-14-16(5)6)13-17(7)12-10-11-15(3)4/h11,16-19H,8-10,12-14H2,1-7H3. The Kier molecular flexibility index (Phi) is 12.2. The molecular formula is C18H38NO3P. The molecule has 1 N–H and O–H groups in total. The number of rotatable bonds is 13. The first kappa shape index (κ1) is 22.9. The lowest BCUT2D eigenvalue weighted by Gasteiger charge is -2.29. The third kappa shape index (κ3) is 10.3. The highest BCUT2D eigenvalue weighted by Gasteiger charge is 2.36. The van der Waals surface area contributed by atoms with Crippen LogP contribution in [0.5, 0.6) is 0 Å². The summed E-state index contributed by atoms with van der Waals surface area (Å²) in [6.07, 6.45) is 5.22. The van der Waals surface area contributed by atoms with Gasteiger partial charge in [-0.05, 0) is 65.3 Å². The van der Waals surface area contributed by atoms with Gasteiger partial charge >= 0.3 is 7.60 Å². The van der Waals surface area contributed by atoms with Crippen molar-refractivity contribution in [2.45, 2.75) is 73.5 Å². The van der Waals surface area contributed by atoms with Crippen molar-refractivity contribution in [3.63, 3.8) is 0 Å². The molecule has 0 aliphatic carbocycles. The zero-order chi connectivity index (χ0) is 17.9. The lowest BCUT2D eigenvalue weighted by molar-refractivity contribution is 0.201. The molecule has 0 bridgehead atoms. The van der Waals surface area contributed by atoms with E-state index in [2.05, 4.69) is 46.0 Å². The second kappa shape index (κ2) is 12.2. The summed E-state index contributed by atoms with van der Waals surface area (Å²) in [4.78, 5) is 0. The van der Waals surface area contributed by atoms with E-state index in [1.54, 1.807) is 0 Å². The van der Waals surface area contributed by atoms with E-state index in [0.29, 0.717) is 25.0 Å². The Hall–Kier alpha value is -0.150. The van der Waals surface area contributed by atoms with E-state index in [0.717, 1.165) is 25.8 Å². The summed E-state index contributed by atoms with van der Waals surface area (Å²) in [7, 11) is -3.12. The summed E-state index contributed by atoms with van der Waals surface area (Å²) in [5, 5.41) is 3.43. The maximum atomic E-state index is 13.1. The monoisotopic (exact) mass is 347 g/mol. The summed E-state index contributed by atoms with van der Waals surface area (Å²) >= 11 is 0. The Labute approximate surface area is 143 Å². The number of nitrogens with one attached hydrogen (secondary N) is 1. The normalized spacial score (nSPS) is 14.8. The van der Waals surface area contributed by atoms with Gasteiger partial charge in [-0.2, -0.15) is 0 Å². The van der Waals surface area contributed by atoms with Gasteiger partial charge in [0.05, 0.1) is 13.2 Å². The van der Waals surface area contributed by atoms with Crippen LogP contribution in [0.25, 0.3) is 0 Å². The Balaban J connectivity index is 4.89. The maximum Gasteiger partial charge on any atom is 0.347 e. The van der Waals surface area contributed by atoms with Gasteiger partial charge in [-0.15, -0.1) is 0 Å². The third-order valence-electron chi connectivity index (χ3n) is 3.60. The van der Waals surface area contributed by atoms with Gasteiger partial charge in [0.25, 0.3) is 0 Å². The highest BCUT2D eigenvalue weighted by Crippen LogP contribution is 2.54. The predicted octanol–water partition coefficient (Wildman–Crippen LogP) is 5.60. The van der Waals surface area contributed by atoms with Crippen LogP contribution in [0.1, 0.15) is 67.7 Å². The van der Waals surface area contributed by atoms with Crippen molar-refractivity contribution in [1.82, 2.24) is 5.32 Å². The fourth-order valence-electron chi connectivity index (χ4n) is 2.43. The van der Waals surface area contributed by atoms with Crippen LogP contribution in [0.15, 0.2) is 11.6 Å². The summed E-state index contributed by atoms with van der Waals surface area (Å²) in [6, 6.07) is 0. The van der Waals surface area contributed by atoms with Crippen molar-refractivity contribution in [3.05, 3.63) is 11.6 Å². The largest absolute Gasteiger partial charge is 0.347 e. The molecule has 0 heterocycles. The van der Waals surface area contributed by atoms with Crippen molar-refractivity contribution in [2.75, 3.05) is 19.8 Å². The summed E-state index contributed by atoms with van der Waals surface area (Å²) in [6.45, 7) is 16.1. The van der Waals surface area contributed by atoms with E-state index in [9.17, 15) is 4.57 Å². The van der Waals surface area contributed by atoms with Crippen LogP contribution in [-0.2, 0) is 13.6 Å². The molecule has 23 heavy (non-hydrogen) atoms. The van der Waals surface area contributed by atoms with Crippen LogP contribution in [0, 0.1) is 11.8 Å². The van der Waals surface area contributed by atoms with E-state index in [1.807, 2.05) is 13.8 Å². The zero-order valence-corrected chi connectivity index (χ0v) is 17.1. The Morgan fingerprint density at radius 1 is 1.13 bits per heavy atom. The van der Waals surface area contributed by atoms with E-state index >= 15 is 0 Å². The van der Waals surface area contributed by atoms with Crippen LogP contribution in [-0.4, -0.2) is 25.5 Å². The summed E-state index contributed by atoms with van der Waals surface area (Å²) in [5.41, 5.74) is 1.35. The molecular weight excluding hydrogens is 309 g/mol. The van der Waals surface area contributed by atoms with Gasteiger partial charge in [0, 0.05) is 0 Å². The first-order valence-electron chi connectivity index (χ1n) is 9.00. The third-order valence-corrected chi connectivity index (χ3v) is 5.99. The van der Waals surface area contributed by atoms with Gasteiger partial charge in [0.2, 0.25) is 0 Å². The molecule has 0 aliphatic rings. The zero-order valence-electron chi connectivity index (χ0n) is 16.2. The second-order valence-corrected chi connectivity index (χ2v) is 9.11. The van der Waals surface area contributed by atoms with Gasteiger partial charge in [-0.1, -0.05) is 32.4 Å². The first-order valence-corrected chi connectivity index (χ1v) is 10.6. The molecule has 0 fully saturated rings. The van der Waals surface area contributed by atoms with Crippen LogP contribution in [0.4, 0.5) is 0 Å². The van der Waals surface area contributed by atoms with Gasteiger partial charge in [0.15, 0.2) is 0 Å². The quantitative estimate of drug-likeness (QED) is 0.348. The fraction of sp³-hybridized carbons (Fsp3) is 0.889. The molecule has 0 aromatic rings. The number of hydrogen-bond donors (Lipinski definition) is 1. The molecule has 0 saturated heterocycles. The van der Waals surface area contributed by atoms with Crippen molar-refractivity contribution in [3.8, 4) is 0 Å². The SMILES string of the molecule is CCOP(=O)(OCC)C(CC(C)CCC=C(C)C)NCC(C)C. The second-order valence-electron chi connectivity index (χ2n) is 6.89. The van der Waals surface area contributed by atoms with Crippen LogP contribution >= 0.6 is 7.60 Å². The minimum Gasteiger partial charge on any atom is -0.308 e. The van der Waals surface area contributed by atoms with Crippen LogP contribution in [0.2, 0.25) is 0 Å². The summed E-state index contributed by atoms with van der Waals surface area (Å²) < 4.78 is 24.3. The van der Waals surface area contributed by atoms with Crippen LogP contribution in [0.3, 0.4) is 0 Å². The van der Waals surface area contributed by atoms with Crippen molar-refractivity contribution < 1.29 is 13.6 Å². The Bertz CT molecular complexity index is 368. The topological polar surface area (TPSA) is 47.6 Å². The van der Waals surface area contributed by atoms with Crippen molar-refractivity contribution in [1.29, 1.82) is 0 Å². The van der Waals surface area contributed by atoms with E-state index in [1.165, 1.54) is 5.57 Å². The van der Waals surface area contributed by atoms with Crippen molar-refractivity contribution >= 4 is 7.60 Å². The smallest absolute Gasteiger partial charge is 0.308 e. The molecule has 2 unspecified atom stereocenters. The Morgan fingerprint density at radius 3 is 2.13 bits per heavy atom. The lowest BCUT2D eigenvalue weighted by atomic mass is 10.0. The van der Waals surface area contributed by atoms with Gasteiger partial charge in [-0.3, -0.25) is 4.57 Å². The molecule has 0 aromatic carbocycles. The average Bonchev–Trinajstić information content (AvgIpc) is 2.43. The van der Waals surface area contributed by atoms with Gasteiger partial charge in [-0.25, -0.2) is 0 Å². The molecule has 0 aliphatic heterocycles. The molecule has 0 saturated carbocycles. The van der Waals surface area contributed by atoms with Gasteiger partial charge < -0.3 is 14.4 Å². The van der Waals surface area contributed by atoms with Gasteiger partial charge in [0.1, 0.15) is 5.78 Å². The summed E-state index contributed by atoms with van der Waals surface area (Å²) in [5.74, 6) is 0.728.